The van der Waals surface area contributed by atoms with Crippen molar-refractivity contribution in [3.63, 3.8) is 0 Å². The molecule has 1 amide bonds. The molecule has 0 heterocycles. The van der Waals surface area contributed by atoms with Gasteiger partial charge >= 0.3 is 5.97 Å². The predicted molar refractivity (Wildman–Crippen MR) is 153 cm³/mol. The van der Waals surface area contributed by atoms with Crippen LogP contribution in [0.5, 0.6) is 11.5 Å². The number of sulfonamides is 1. The molecule has 0 spiro atoms. The molecule has 0 saturated carbocycles. The van der Waals surface area contributed by atoms with E-state index in [2.05, 4.69) is 15.2 Å². The van der Waals surface area contributed by atoms with Crippen molar-refractivity contribution in [1.29, 1.82) is 0 Å². The van der Waals surface area contributed by atoms with Crippen LogP contribution in [0.15, 0.2) is 107 Å². The van der Waals surface area contributed by atoms with Crippen LogP contribution in [0.3, 0.4) is 0 Å². The Kier molecular flexibility index (Phi) is 9.15. The van der Waals surface area contributed by atoms with Gasteiger partial charge in [-0.1, -0.05) is 11.6 Å². The number of hydrogen-bond acceptors (Lipinski definition) is 7. The van der Waals surface area contributed by atoms with Crippen molar-refractivity contribution in [2.24, 2.45) is 5.10 Å². The van der Waals surface area contributed by atoms with Gasteiger partial charge in [-0.15, -0.1) is 0 Å². The van der Waals surface area contributed by atoms with Crippen LogP contribution < -0.4 is 19.6 Å². The van der Waals surface area contributed by atoms with Crippen LogP contribution >= 0.6 is 11.6 Å². The van der Waals surface area contributed by atoms with Gasteiger partial charge in [0.2, 0.25) is 0 Å². The molecule has 40 heavy (non-hydrogen) atoms. The number of carbonyl (C=O) groups excluding carboxylic acids is 2. The number of anilines is 1. The SMILES string of the molecule is CCOc1ccc(C(=O)Oc2ccc(/C=N/NC(=O)c3ccc(NS(=O)(=O)c4ccc(Cl)cc4)cc3)cc2)cc1. The second kappa shape index (κ2) is 12.9. The summed E-state index contributed by atoms with van der Waals surface area (Å²) in [6.07, 6.45) is 1.44. The third-order valence-corrected chi connectivity index (χ3v) is 7.04. The summed E-state index contributed by atoms with van der Waals surface area (Å²) in [5.74, 6) is 0.0427. The summed E-state index contributed by atoms with van der Waals surface area (Å²) in [6.45, 7) is 2.42. The summed E-state index contributed by atoms with van der Waals surface area (Å²) >= 11 is 5.81. The van der Waals surface area contributed by atoms with Crippen LogP contribution in [0.2, 0.25) is 5.02 Å². The van der Waals surface area contributed by atoms with Crippen molar-refractivity contribution in [3.8, 4) is 11.5 Å². The monoisotopic (exact) mass is 577 g/mol. The number of nitrogens with one attached hydrogen (secondary N) is 2. The first-order valence-corrected chi connectivity index (χ1v) is 13.9. The Hall–Kier alpha value is -4.67. The first-order chi connectivity index (χ1) is 19.2. The molecule has 0 aliphatic heterocycles. The number of carbonyl (C=O) groups is 2. The van der Waals surface area contributed by atoms with Gasteiger partial charge in [-0.05, 0) is 110 Å². The van der Waals surface area contributed by atoms with Crippen LogP contribution in [0.4, 0.5) is 5.69 Å². The Bertz CT molecular complexity index is 1600. The zero-order valence-corrected chi connectivity index (χ0v) is 22.8. The molecular weight excluding hydrogens is 554 g/mol. The lowest BCUT2D eigenvalue weighted by Gasteiger charge is -2.09. The fourth-order valence-electron chi connectivity index (χ4n) is 3.39. The highest BCUT2D eigenvalue weighted by atomic mass is 35.5. The first-order valence-electron chi connectivity index (χ1n) is 12.0. The van der Waals surface area contributed by atoms with Gasteiger partial charge in [0, 0.05) is 16.3 Å². The van der Waals surface area contributed by atoms with Crippen molar-refractivity contribution < 1.29 is 27.5 Å². The lowest BCUT2D eigenvalue weighted by molar-refractivity contribution is 0.0734. The third kappa shape index (κ3) is 7.68. The number of rotatable bonds is 10. The van der Waals surface area contributed by atoms with Gasteiger partial charge in [0.1, 0.15) is 11.5 Å². The quantitative estimate of drug-likeness (QED) is 0.111. The van der Waals surface area contributed by atoms with Crippen LogP contribution in [0.1, 0.15) is 33.2 Å². The average molecular weight is 578 g/mol. The lowest BCUT2D eigenvalue weighted by Crippen LogP contribution is -2.18. The molecule has 4 aromatic rings. The number of halogens is 1. The van der Waals surface area contributed by atoms with Crippen molar-refractivity contribution in [3.05, 3.63) is 119 Å². The zero-order chi connectivity index (χ0) is 28.5. The van der Waals surface area contributed by atoms with Crippen molar-refractivity contribution in [2.75, 3.05) is 11.3 Å². The summed E-state index contributed by atoms with van der Waals surface area (Å²) < 4.78 is 38.2. The molecule has 11 heteroatoms. The molecule has 9 nitrogen and oxygen atoms in total. The van der Waals surface area contributed by atoms with Gasteiger partial charge in [-0.3, -0.25) is 9.52 Å². The maximum atomic E-state index is 12.5. The number of hydrogen-bond donors (Lipinski definition) is 2. The maximum Gasteiger partial charge on any atom is 0.343 e. The minimum Gasteiger partial charge on any atom is -0.494 e. The number of ether oxygens (including phenoxy) is 2. The predicted octanol–water partition coefficient (Wildman–Crippen LogP) is 5.52. The zero-order valence-electron chi connectivity index (χ0n) is 21.2. The largest absolute Gasteiger partial charge is 0.494 e. The average Bonchev–Trinajstić information content (AvgIpc) is 2.95. The lowest BCUT2D eigenvalue weighted by atomic mass is 10.2. The molecule has 0 atom stereocenters. The number of nitrogens with zero attached hydrogens (tertiary/aromatic N) is 1. The molecule has 4 rings (SSSR count). The van der Waals surface area contributed by atoms with Crippen LogP contribution in [-0.2, 0) is 10.0 Å². The van der Waals surface area contributed by atoms with Gasteiger partial charge in [-0.2, -0.15) is 5.10 Å². The highest BCUT2D eigenvalue weighted by molar-refractivity contribution is 7.92. The second-order valence-corrected chi connectivity index (χ2v) is 10.4. The number of benzene rings is 4. The normalized spacial score (nSPS) is 11.2. The summed E-state index contributed by atoms with van der Waals surface area (Å²) in [4.78, 5) is 24.8. The second-order valence-electron chi connectivity index (χ2n) is 8.25. The minimum atomic E-state index is -3.80. The molecule has 204 valence electrons. The summed E-state index contributed by atoms with van der Waals surface area (Å²) in [5, 5.41) is 4.37. The third-order valence-electron chi connectivity index (χ3n) is 5.39. The molecule has 0 bridgehead atoms. The molecule has 0 aromatic heterocycles. The van der Waals surface area contributed by atoms with Crippen molar-refractivity contribution in [2.45, 2.75) is 11.8 Å². The van der Waals surface area contributed by atoms with Crippen LogP contribution in [0.25, 0.3) is 0 Å². The van der Waals surface area contributed by atoms with E-state index in [1.165, 1.54) is 54.7 Å². The fraction of sp³-hybridized carbons (Fsp3) is 0.0690. The topological polar surface area (TPSA) is 123 Å². The minimum absolute atomic E-state index is 0.0619. The van der Waals surface area contributed by atoms with E-state index in [4.69, 9.17) is 21.1 Å². The van der Waals surface area contributed by atoms with Gasteiger partial charge < -0.3 is 9.47 Å². The van der Waals surface area contributed by atoms with Gasteiger partial charge in [-0.25, -0.2) is 18.6 Å². The van der Waals surface area contributed by atoms with Gasteiger partial charge in [0.15, 0.2) is 0 Å². The Morgan fingerprint density at radius 1 is 0.825 bits per heavy atom. The van der Waals surface area contributed by atoms with E-state index in [0.29, 0.717) is 39.9 Å². The maximum absolute atomic E-state index is 12.5. The van der Waals surface area contributed by atoms with E-state index >= 15 is 0 Å². The standard InChI is InChI=1S/C29H24ClN3O6S/c1-2-38-25-15-7-22(8-16-25)29(35)39-26-13-3-20(4-14-26)19-31-32-28(34)21-5-11-24(12-6-21)33-40(36,37)27-17-9-23(30)10-18-27/h3-19,33H,2H2,1H3,(H,32,34)/b31-19+. The molecule has 0 aliphatic rings. The van der Waals surface area contributed by atoms with E-state index < -0.39 is 21.9 Å². The molecule has 0 unspecified atom stereocenters. The smallest absolute Gasteiger partial charge is 0.343 e. The van der Waals surface area contributed by atoms with Crippen molar-refractivity contribution >= 4 is 45.4 Å². The Balaban J connectivity index is 1.28. The fourth-order valence-corrected chi connectivity index (χ4v) is 4.57. The van der Waals surface area contributed by atoms with Crippen LogP contribution in [0, 0.1) is 0 Å². The molecule has 4 aromatic carbocycles. The van der Waals surface area contributed by atoms with Gasteiger partial charge in [0.25, 0.3) is 15.9 Å². The van der Waals surface area contributed by atoms with E-state index in [9.17, 15) is 18.0 Å². The molecule has 0 radical (unpaired) electrons. The summed E-state index contributed by atoms with van der Waals surface area (Å²) in [5.41, 5.74) is 4.04. The molecule has 0 fully saturated rings. The number of esters is 1. The van der Waals surface area contributed by atoms with Crippen LogP contribution in [-0.4, -0.2) is 33.1 Å². The van der Waals surface area contributed by atoms with E-state index in [1.54, 1.807) is 48.5 Å². The Labute approximate surface area is 236 Å². The number of amides is 1. The molecular formula is C29H24ClN3O6S. The molecule has 0 saturated heterocycles. The van der Waals surface area contributed by atoms with Gasteiger partial charge in [0.05, 0.1) is 23.3 Å². The summed E-state index contributed by atoms with van der Waals surface area (Å²) in [6, 6.07) is 24.9. The Morgan fingerprint density at radius 2 is 1.43 bits per heavy atom. The van der Waals surface area contributed by atoms with E-state index in [0.717, 1.165) is 0 Å². The number of hydrazone groups is 1. The van der Waals surface area contributed by atoms with Crippen molar-refractivity contribution in [1.82, 2.24) is 5.43 Å². The molecule has 2 N–H and O–H groups in total. The first kappa shape index (κ1) is 28.3. The summed E-state index contributed by atoms with van der Waals surface area (Å²) in [7, 11) is -3.80. The Morgan fingerprint density at radius 3 is 2.05 bits per heavy atom. The van der Waals surface area contributed by atoms with E-state index in [-0.39, 0.29) is 10.5 Å². The highest BCUT2D eigenvalue weighted by Gasteiger charge is 2.14. The molecule has 0 aliphatic carbocycles. The highest BCUT2D eigenvalue weighted by Crippen LogP contribution is 2.19. The van der Waals surface area contributed by atoms with E-state index in [1.807, 2.05) is 6.92 Å².